The molecule has 7 heteroatoms. The Morgan fingerprint density at radius 3 is 2.50 bits per heavy atom. The highest BCUT2D eigenvalue weighted by atomic mass is 32.2. The molecule has 0 saturated heterocycles. The summed E-state index contributed by atoms with van der Waals surface area (Å²) in [6.45, 7) is 3.36. The van der Waals surface area contributed by atoms with Crippen molar-refractivity contribution in [1.82, 2.24) is 5.32 Å². The second-order valence-electron chi connectivity index (χ2n) is 7.83. The minimum absolute atomic E-state index is 0.00802. The van der Waals surface area contributed by atoms with Gasteiger partial charge in [0.2, 0.25) is 15.9 Å². The van der Waals surface area contributed by atoms with Gasteiger partial charge in [0, 0.05) is 24.2 Å². The Kier molecular flexibility index (Phi) is 4.67. The summed E-state index contributed by atoms with van der Waals surface area (Å²) in [7, 11) is -3.68. The van der Waals surface area contributed by atoms with Crippen LogP contribution in [0.1, 0.15) is 30.9 Å². The molecule has 2 aliphatic rings. The molecule has 1 heterocycles. The van der Waals surface area contributed by atoms with E-state index in [1.54, 1.807) is 12.1 Å². The smallest absolute Gasteiger partial charge is 0.242 e. The Bertz CT molecular complexity index is 998. The second-order valence-corrected chi connectivity index (χ2v) is 9.39. The number of fused-ring (bicyclic) bond motifs is 2. The first-order valence-corrected chi connectivity index (χ1v) is 11.1. The Balaban J connectivity index is 1.35. The van der Waals surface area contributed by atoms with Gasteiger partial charge in [0.25, 0.3) is 0 Å². The van der Waals surface area contributed by atoms with Gasteiger partial charge in [0.05, 0.1) is 4.90 Å². The van der Waals surface area contributed by atoms with Gasteiger partial charge in [-0.15, -0.1) is 0 Å². The number of sulfonamides is 1. The molecule has 1 saturated carbocycles. The van der Waals surface area contributed by atoms with Crippen LogP contribution in [-0.4, -0.2) is 33.5 Å². The lowest BCUT2D eigenvalue weighted by Gasteiger charge is -2.27. The predicted molar refractivity (Wildman–Crippen MR) is 109 cm³/mol. The minimum atomic E-state index is -3.68. The Morgan fingerprint density at radius 1 is 1.18 bits per heavy atom. The number of nitrogens with one attached hydrogen (secondary N) is 1. The van der Waals surface area contributed by atoms with Gasteiger partial charge in [-0.05, 0) is 55.5 Å². The average Bonchev–Trinajstić information content (AvgIpc) is 3.38. The first kappa shape index (κ1) is 19.0. The van der Waals surface area contributed by atoms with Crippen molar-refractivity contribution in [2.45, 2.75) is 42.5 Å². The zero-order valence-corrected chi connectivity index (χ0v) is 16.7. The largest absolute Gasteiger partial charge is 0.359 e. The number of hydrogen-bond donors (Lipinski definition) is 2. The highest BCUT2D eigenvalue weighted by Crippen LogP contribution is 2.56. The number of para-hydroxylation sites is 1. The van der Waals surface area contributed by atoms with Crippen molar-refractivity contribution < 1.29 is 13.2 Å². The predicted octanol–water partition coefficient (Wildman–Crippen LogP) is 1.93. The van der Waals surface area contributed by atoms with E-state index in [0.717, 1.165) is 12.1 Å². The molecule has 0 bridgehead atoms. The Morgan fingerprint density at radius 2 is 1.86 bits per heavy atom. The van der Waals surface area contributed by atoms with Crippen LogP contribution in [0, 0.1) is 0 Å². The van der Waals surface area contributed by atoms with Crippen molar-refractivity contribution in [3.05, 3.63) is 59.7 Å². The van der Waals surface area contributed by atoms with E-state index in [1.807, 2.05) is 13.0 Å². The number of anilines is 1. The van der Waals surface area contributed by atoms with Gasteiger partial charge < -0.3 is 10.2 Å². The van der Waals surface area contributed by atoms with Crippen LogP contribution in [0.15, 0.2) is 53.4 Å². The number of nitrogens with two attached hydrogens (primary N) is 1. The summed E-state index contributed by atoms with van der Waals surface area (Å²) in [6, 6.07) is 14.6. The van der Waals surface area contributed by atoms with Crippen LogP contribution in [0.5, 0.6) is 0 Å². The van der Waals surface area contributed by atoms with Crippen molar-refractivity contribution in [2.75, 3.05) is 18.0 Å². The number of benzene rings is 2. The quantitative estimate of drug-likeness (QED) is 0.776. The molecule has 0 aromatic heterocycles. The van der Waals surface area contributed by atoms with E-state index >= 15 is 0 Å². The summed E-state index contributed by atoms with van der Waals surface area (Å²) < 4.78 is 22.6. The molecule has 28 heavy (non-hydrogen) atoms. The molecular formula is C21H25N3O3S. The molecule has 2 aromatic carbocycles. The molecule has 1 fully saturated rings. The van der Waals surface area contributed by atoms with E-state index in [4.69, 9.17) is 5.14 Å². The highest BCUT2D eigenvalue weighted by molar-refractivity contribution is 7.89. The number of amides is 1. The lowest BCUT2D eigenvalue weighted by Crippen LogP contribution is -2.45. The highest BCUT2D eigenvalue weighted by Gasteiger charge is 2.52. The third kappa shape index (κ3) is 3.52. The standard InChI is InChI=1S/C21H25N3O3S/c1-15(24-14-21(11-12-21)18-4-2-3-5-19(18)24)20(25)23-13-10-16-6-8-17(9-7-16)28(22,26)27/h2-9,15H,10-14H2,1H3,(H,23,25)(H2,22,26,27). The van der Waals surface area contributed by atoms with E-state index in [9.17, 15) is 13.2 Å². The van der Waals surface area contributed by atoms with Gasteiger partial charge in [0.15, 0.2) is 0 Å². The van der Waals surface area contributed by atoms with Gasteiger partial charge in [-0.3, -0.25) is 4.79 Å². The molecule has 1 amide bonds. The van der Waals surface area contributed by atoms with Crippen LogP contribution >= 0.6 is 0 Å². The lowest BCUT2D eigenvalue weighted by atomic mass is 9.99. The first-order valence-electron chi connectivity index (χ1n) is 9.56. The van der Waals surface area contributed by atoms with Gasteiger partial charge in [-0.25, -0.2) is 13.6 Å². The maximum absolute atomic E-state index is 12.7. The number of rotatable bonds is 6. The number of hydrogen-bond acceptors (Lipinski definition) is 4. The van der Waals surface area contributed by atoms with E-state index in [-0.39, 0.29) is 22.3 Å². The molecule has 6 nitrogen and oxygen atoms in total. The van der Waals surface area contributed by atoms with Crippen molar-refractivity contribution in [1.29, 1.82) is 0 Å². The van der Waals surface area contributed by atoms with Crippen LogP contribution in [0.2, 0.25) is 0 Å². The molecule has 1 spiro atoms. The monoisotopic (exact) mass is 399 g/mol. The fraction of sp³-hybridized carbons (Fsp3) is 0.381. The fourth-order valence-corrected chi connectivity index (χ4v) is 4.57. The number of carbonyl (C=O) groups excluding carboxylic acids is 1. The van der Waals surface area contributed by atoms with Crippen molar-refractivity contribution >= 4 is 21.6 Å². The van der Waals surface area contributed by atoms with Crippen molar-refractivity contribution in [3.63, 3.8) is 0 Å². The Labute approximate surface area is 165 Å². The summed E-state index contributed by atoms with van der Waals surface area (Å²) >= 11 is 0. The van der Waals surface area contributed by atoms with Crippen LogP contribution in [-0.2, 0) is 26.7 Å². The number of primary sulfonamides is 1. The zero-order chi connectivity index (χ0) is 19.9. The summed E-state index contributed by atoms with van der Waals surface area (Å²) in [5.41, 5.74) is 3.77. The third-order valence-electron chi connectivity index (χ3n) is 5.92. The molecule has 148 valence electrons. The van der Waals surface area contributed by atoms with Crippen LogP contribution < -0.4 is 15.4 Å². The Hall–Kier alpha value is -2.38. The number of nitrogens with zero attached hydrogens (tertiary/aromatic N) is 1. The minimum Gasteiger partial charge on any atom is -0.359 e. The molecule has 1 aliphatic carbocycles. The molecular weight excluding hydrogens is 374 g/mol. The van der Waals surface area contributed by atoms with Gasteiger partial charge in [-0.1, -0.05) is 30.3 Å². The van der Waals surface area contributed by atoms with Crippen LogP contribution in [0.3, 0.4) is 0 Å². The molecule has 4 rings (SSSR count). The molecule has 2 aromatic rings. The maximum atomic E-state index is 12.7. The molecule has 0 radical (unpaired) electrons. The topological polar surface area (TPSA) is 92.5 Å². The van der Waals surface area contributed by atoms with Gasteiger partial charge >= 0.3 is 0 Å². The lowest BCUT2D eigenvalue weighted by molar-refractivity contribution is -0.122. The molecule has 1 unspecified atom stereocenters. The zero-order valence-electron chi connectivity index (χ0n) is 15.9. The summed E-state index contributed by atoms with van der Waals surface area (Å²) in [5, 5.41) is 8.12. The summed E-state index contributed by atoms with van der Waals surface area (Å²) in [4.78, 5) is 15.0. The number of carbonyl (C=O) groups is 1. The maximum Gasteiger partial charge on any atom is 0.242 e. The van der Waals surface area contributed by atoms with E-state index in [1.165, 1.54) is 36.2 Å². The van der Waals surface area contributed by atoms with E-state index in [0.29, 0.717) is 13.0 Å². The summed E-state index contributed by atoms with van der Waals surface area (Å²) in [5.74, 6) is 0.00802. The SMILES string of the molecule is CC(C(=O)NCCc1ccc(S(N)(=O)=O)cc1)N1CC2(CC2)c2ccccc21. The van der Waals surface area contributed by atoms with Gasteiger partial charge in [0.1, 0.15) is 6.04 Å². The molecule has 1 aliphatic heterocycles. The molecule has 1 atom stereocenters. The van der Waals surface area contributed by atoms with Crippen molar-refractivity contribution in [3.8, 4) is 0 Å². The second kappa shape index (κ2) is 6.90. The fourth-order valence-electron chi connectivity index (χ4n) is 4.06. The van der Waals surface area contributed by atoms with E-state index < -0.39 is 10.0 Å². The van der Waals surface area contributed by atoms with Crippen molar-refractivity contribution in [2.24, 2.45) is 5.14 Å². The van der Waals surface area contributed by atoms with Crippen LogP contribution in [0.25, 0.3) is 0 Å². The van der Waals surface area contributed by atoms with Gasteiger partial charge in [-0.2, -0.15) is 0 Å². The average molecular weight is 400 g/mol. The van der Waals surface area contributed by atoms with E-state index in [2.05, 4.69) is 28.4 Å². The third-order valence-corrected chi connectivity index (χ3v) is 6.85. The first-order chi connectivity index (χ1) is 13.3. The van der Waals surface area contributed by atoms with Crippen LogP contribution in [0.4, 0.5) is 5.69 Å². The summed E-state index contributed by atoms with van der Waals surface area (Å²) in [6.07, 6.45) is 3.02. The normalized spacial score (nSPS) is 18.0. The molecule has 3 N–H and O–H groups in total.